The smallest absolute Gasteiger partial charge is 0.437 e. The van der Waals surface area contributed by atoms with E-state index in [1.807, 2.05) is 0 Å². The van der Waals surface area contributed by atoms with Crippen LogP contribution in [0.25, 0.3) is 0 Å². The van der Waals surface area contributed by atoms with Crippen molar-refractivity contribution in [3.8, 4) is 5.75 Å². The molecule has 0 unspecified atom stereocenters. The molecule has 13 heavy (non-hydrogen) atoms. The largest absolute Gasteiger partial charge is 0.513 e. The van der Waals surface area contributed by atoms with Crippen molar-refractivity contribution >= 4 is 6.16 Å². The van der Waals surface area contributed by atoms with Crippen LogP contribution in [-0.4, -0.2) is 13.3 Å². The van der Waals surface area contributed by atoms with E-state index in [0.717, 1.165) is 5.56 Å². The molecule has 2 N–H and O–H groups in total. The van der Waals surface area contributed by atoms with Gasteiger partial charge < -0.3 is 15.2 Å². The van der Waals surface area contributed by atoms with Crippen molar-refractivity contribution in [1.82, 2.24) is 0 Å². The number of carbonyl (C=O) groups is 1. The summed E-state index contributed by atoms with van der Waals surface area (Å²) in [7, 11) is 1.26. The Morgan fingerprint density at radius 3 is 2.46 bits per heavy atom. The lowest BCUT2D eigenvalue weighted by Crippen LogP contribution is -2.07. The van der Waals surface area contributed by atoms with Crippen LogP contribution in [0, 0.1) is 0 Å². The fourth-order valence-corrected chi connectivity index (χ4v) is 0.831. The minimum atomic E-state index is -0.722. The monoisotopic (exact) mass is 181 g/mol. The molecule has 4 heteroatoms. The van der Waals surface area contributed by atoms with Crippen LogP contribution in [0.2, 0.25) is 0 Å². The summed E-state index contributed by atoms with van der Waals surface area (Å²) < 4.78 is 9.09. The number of ether oxygens (including phenoxy) is 2. The second-order valence-electron chi connectivity index (χ2n) is 2.40. The maximum absolute atomic E-state index is 10.7. The van der Waals surface area contributed by atoms with Gasteiger partial charge in [0.1, 0.15) is 5.75 Å². The molecule has 0 aliphatic rings. The van der Waals surface area contributed by atoms with Crippen LogP contribution in [0.1, 0.15) is 5.56 Å². The molecule has 0 atom stereocenters. The highest BCUT2D eigenvalue weighted by atomic mass is 16.7. The topological polar surface area (TPSA) is 61.5 Å². The van der Waals surface area contributed by atoms with Gasteiger partial charge in [-0.15, -0.1) is 0 Å². The van der Waals surface area contributed by atoms with Gasteiger partial charge in [-0.2, -0.15) is 0 Å². The summed E-state index contributed by atoms with van der Waals surface area (Å²) in [5, 5.41) is 0. The Hall–Kier alpha value is -1.55. The molecule has 0 amide bonds. The van der Waals surface area contributed by atoms with E-state index < -0.39 is 6.16 Å². The van der Waals surface area contributed by atoms with Gasteiger partial charge in [0, 0.05) is 6.54 Å². The summed E-state index contributed by atoms with van der Waals surface area (Å²) >= 11 is 0. The molecule has 1 rings (SSSR count). The first-order chi connectivity index (χ1) is 6.26. The molecule has 0 aliphatic carbocycles. The van der Waals surface area contributed by atoms with Crippen molar-refractivity contribution in [2.45, 2.75) is 6.54 Å². The highest BCUT2D eigenvalue weighted by molar-refractivity contribution is 5.63. The molecule has 0 fully saturated rings. The Labute approximate surface area is 76.3 Å². The Bertz CT molecular complexity index is 281. The number of hydrogen-bond donors (Lipinski definition) is 1. The van der Waals surface area contributed by atoms with Gasteiger partial charge in [0.15, 0.2) is 0 Å². The van der Waals surface area contributed by atoms with E-state index in [0.29, 0.717) is 12.3 Å². The molecule has 0 saturated heterocycles. The lowest BCUT2D eigenvalue weighted by Gasteiger charge is -2.02. The van der Waals surface area contributed by atoms with Crippen LogP contribution in [0.15, 0.2) is 24.3 Å². The zero-order valence-electron chi connectivity index (χ0n) is 7.32. The number of nitrogens with two attached hydrogens (primary N) is 1. The maximum atomic E-state index is 10.7. The number of benzene rings is 1. The van der Waals surface area contributed by atoms with Gasteiger partial charge in [-0.1, -0.05) is 12.1 Å². The van der Waals surface area contributed by atoms with Crippen molar-refractivity contribution < 1.29 is 14.3 Å². The summed E-state index contributed by atoms with van der Waals surface area (Å²) in [6.07, 6.45) is -0.722. The first kappa shape index (κ1) is 9.54. The Kier molecular flexibility index (Phi) is 3.28. The number of rotatable bonds is 2. The van der Waals surface area contributed by atoms with Crippen LogP contribution in [0.4, 0.5) is 4.79 Å². The van der Waals surface area contributed by atoms with Crippen LogP contribution < -0.4 is 10.5 Å². The molecular formula is C9H11NO3. The molecule has 0 aromatic heterocycles. The SMILES string of the molecule is COC(=O)Oc1ccc(CN)cc1. The molecular weight excluding hydrogens is 170 g/mol. The molecule has 0 spiro atoms. The second kappa shape index (κ2) is 4.47. The summed E-state index contributed by atoms with van der Waals surface area (Å²) in [6.45, 7) is 0.471. The number of hydrogen-bond acceptors (Lipinski definition) is 4. The normalized spacial score (nSPS) is 9.38. The van der Waals surface area contributed by atoms with Crippen LogP contribution in [-0.2, 0) is 11.3 Å². The maximum Gasteiger partial charge on any atom is 0.513 e. The molecule has 1 aromatic carbocycles. The average molecular weight is 181 g/mol. The van der Waals surface area contributed by atoms with E-state index in [1.165, 1.54) is 7.11 Å². The molecule has 0 saturated carbocycles. The zero-order valence-corrected chi connectivity index (χ0v) is 7.32. The second-order valence-corrected chi connectivity index (χ2v) is 2.40. The summed E-state index contributed by atoms with van der Waals surface area (Å²) in [4.78, 5) is 10.7. The van der Waals surface area contributed by atoms with Gasteiger partial charge in [0.2, 0.25) is 0 Å². The molecule has 1 aromatic rings. The minimum Gasteiger partial charge on any atom is -0.437 e. The fraction of sp³-hybridized carbons (Fsp3) is 0.222. The predicted molar refractivity (Wildman–Crippen MR) is 47.4 cm³/mol. The summed E-state index contributed by atoms with van der Waals surface area (Å²) in [6, 6.07) is 6.91. The lowest BCUT2D eigenvalue weighted by atomic mass is 10.2. The van der Waals surface area contributed by atoms with E-state index >= 15 is 0 Å². The van der Waals surface area contributed by atoms with Crippen LogP contribution in [0.3, 0.4) is 0 Å². The van der Waals surface area contributed by atoms with E-state index in [2.05, 4.69) is 4.74 Å². The minimum absolute atomic E-state index is 0.448. The highest BCUT2D eigenvalue weighted by Crippen LogP contribution is 2.12. The number of methoxy groups -OCH3 is 1. The molecule has 0 bridgehead atoms. The number of carbonyl (C=O) groups excluding carboxylic acids is 1. The molecule has 0 heterocycles. The predicted octanol–water partition coefficient (Wildman–Crippen LogP) is 1.29. The molecule has 0 radical (unpaired) electrons. The third-order valence-corrected chi connectivity index (χ3v) is 1.53. The third-order valence-electron chi connectivity index (χ3n) is 1.53. The van der Waals surface area contributed by atoms with Gasteiger partial charge >= 0.3 is 6.16 Å². The van der Waals surface area contributed by atoms with Gasteiger partial charge in [0.05, 0.1) is 7.11 Å². The highest BCUT2D eigenvalue weighted by Gasteiger charge is 2.01. The van der Waals surface area contributed by atoms with E-state index in [9.17, 15) is 4.79 Å². The van der Waals surface area contributed by atoms with Crippen molar-refractivity contribution in [3.05, 3.63) is 29.8 Å². The van der Waals surface area contributed by atoms with Gasteiger partial charge in [-0.05, 0) is 17.7 Å². The molecule has 0 aliphatic heterocycles. The lowest BCUT2D eigenvalue weighted by molar-refractivity contribution is 0.121. The standard InChI is InChI=1S/C9H11NO3/c1-12-9(11)13-8-4-2-7(6-10)3-5-8/h2-5H,6,10H2,1H3. The van der Waals surface area contributed by atoms with Crippen molar-refractivity contribution in [2.75, 3.05) is 7.11 Å². The fourth-order valence-electron chi connectivity index (χ4n) is 0.831. The van der Waals surface area contributed by atoms with E-state index in [-0.39, 0.29) is 0 Å². The van der Waals surface area contributed by atoms with Crippen molar-refractivity contribution in [3.63, 3.8) is 0 Å². The van der Waals surface area contributed by atoms with E-state index in [1.54, 1.807) is 24.3 Å². The van der Waals surface area contributed by atoms with Crippen LogP contribution >= 0.6 is 0 Å². The Morgan fingerprint density at radius 1 is 1.38 bits per heavy atom. The Morgan fingerprint density at radius 2 is 2.00 bits per heavy atom. The van der Waals surface area contributed by atoms with Crippen molar-refractivity contribution in [2.24, 2.45) is 5.73 Å². The van der Waals surface area contributed by atoms with Gasteiger partial charge in [0.25, 0.3) is 0 Å². The first-order valence-electron chi connectivity index (χ1n) is 3.81. The van der Waals surface area contributed by atoms with E-state index in [4.69, 9.17) is 10.5 Å². The summed E-state index contributed by atoms with van der Waals surface area (Å²) in [5.74, 6) is 0.448. The first-order valence-corrected chi connectivity index (χ1v) is 3.81. The van der Waals surface area contributed by atoms with Crippen LogP contribution in [0.5, 0.6) is 5.75 Å². The van der Waals surface area contributed by atoms with Gasteiger partial charge in [-0.25, -0.2) is 4.79 Å². The Balaban J connectivity index is 2.64. The average Bonchev–Trinajstić information content (AvgIpc) is 2.19. The molecule has 4 nitrogen and oxygen atoms in total. The zero-order chi connectivity index (χ0) is 9.68. The van der Waals surface area contributed by atoms with Gasteiger partial charge in [-0.3, -0.25) is 0 Å². The quantitative estimate of drug-likeness (QED) is 0.551. The van der Waals surface area contributed by atoms with Crippen molar-refractivity contribution in [1.29, 1.82) is 0 Å². The third kappa shape index (κ3) is 2.76. The summed E-state index contributed by atoms with van der Waals surface area (Å²) in [5.41, 5.74) is 6.38. The molecule has 70 valence electrons.